The van der Waals surface area contributed by atoms with Gasteiger partial charge in [-0.3, -0.25) is 4.21 Å². The van der Waals surface area contributed by atoms with Gasteiger partial charge in [0.15, 0.2) is 5.82 Å². The maximum atomic E-state index is 11.2. The second kappa shape index (κ2) is 8.06. The smallest absolute Gasteiger partial charge is 0.158 e. The molecule has 1 rings (SSSR count). The third-order valence-electron chi connectivity index (χ3n) is 2.34. The number of anilines is 2. The van der Waals surface area contributed by atoms with Gasteiger partial charge >= 0.3 is 0 Å². The summed E-state index contributed by atoms with van der Waals surface area (Å²) < 4.78 is 16.5. The number of hydrogen-bond donors (Lipinski definition) is 2. The highest BCUT2D eigenvalue weighted by molar-refractivity contribution is 7.84. The molecule has 0 aliphatic heterocycles. The predicted molar refractivity (Wildman–Crippen MR) is 78.9 cm³/mol. The van der Waals surface area contributed by atoms with E-state index in [1.807, 2.05) is 19.9 Å². The first-order valence-corrected chi connectivity index (χ1v) is 7.97. The molecule has 0 fully saturated rings. The second-order valence-electron chi connectivity index (χ2n) is 4.23. The lowest BCUT2D eigenvalue weighted by atomic mass is 10.4. The Labute approximate surface area is 116 Å². The van der Waals surface area contributed by atoms with E-state index in [9.17, 15) is 4.21 Å². The molecule has 6 nitrogen and oxygen atoms in total. The zero-order valence-electron chi connectivity index (χ0n) is 11.9. The van der Waals surface area contributed by atoms with Crippen LogP contribution < -0.4 is 10.6 Å². The molecule has 0 saturated heterocycles. The van der Waals surface area contributed by atoms with Gasteiger partial charge in [0, 0.05) is 48.6 Å². The maximum Gasteiger partial charge on any atom is 0.158 e. The van der Waals surface area contributed by atoms with Crippen LogP contribution in [-0.2, 0) is 22.1 Å². The molecular formula is C12H22N4O2S. The summed E-state index contributed by atoms with van der Waals surface area (Å²) in [6, 6.07) is 1.91. The van der Waals surface area contributed by atoms with E-state index in [0.29, 0.717) is 30.6 Å². The summed E-state index contributed by atoms with van der Waals surface area (Å²) in [6.07, 6.45) is 1.69. The van der Waals surface area contributed by atoms with Crippen LogP contribution in [0.4, 0.5) is 11.6 Å². The Bertz CT molecular complexity index is 428. The van der Waals surface area contributed by atoms with Crippen molar-refractivity contribution >= 4 is 22.4 Å². The van der Waals surface area contributed by atoms with Crippen molar-refractivity contribution in [3.63, 3.8) is 0 Å². The molecule has 2 N–H and O–H groups in total. The Kier molecular flexibility index (Phi) is 6.72. The lowest BCUT2D eigenvalue weighted by molar-refractivity contribution is 0.128. The Morgan fingerprint density at radius 1 is 1.42 bits per heavy atom. The first kappa shape index (κ1) is 15.8. The summed E-state index contributed by atoms with van der Waals surface area (Å²) in [6.45, 7) is 4.92. The van der Waals surface area contributed by atoms with Crippen molar-refractivity contribution in [3.8, 4) is 0 Å². The van der Waals surface area contributed by atoms with Gasteiger partial charge < -0.3 is 15.4 Å². The molecule has 0 amide bonds. The molecule has 0 radical (unpaired) electrons. The number of ether oxygens (including phenoxy) is 1. The van der Waals surface area contributed by atoms with E-state index in [-0.39, 0.29) is 6.04 Å². The van der Waals surface area contributed by atoms with E-state index in [1.54, 1.807) is 13.3 Å². The largest absolute Gasteiger partial charge is 0.374 e. The third kappa shape index (κ3) is 5.98. The highest BCUT2D eigenvalue weighted by Crippen LogP contribution is 2.12. The Morgan fingerprint density at radius 3 is 2.68 bits per heavy atom. The van der Waals surface area contributed by atoms with Crippen LogP contribution in [0.1, 0.15) is 19.7 Å². The average molecular weight is 286 g/mol. The summed E-state index contributed by atoms with van der Waals surface area (Å²) >= 11 is 0. The van der Waals surface area contributed by atoms with Gasteiger partial charge in [0.05, 0.1) is 0 Å². The van der Waals surface area contributed by atoms with Crippen molar-refractivity contribution in [2.24, 2.45) is 0 Å². The summed E-state index contributed by atoms with van der Waals surface area (Å²) in [5.41, 5.74) is 0. The van der Waals surface area contributed by atoms with Gasteiger partial charge in [0.25, 0.3) is 0 Å². The number of hydrogen-bond acceptors (Lipinski definition) is 6. The van der Waals surface area contributed by atoms with Crippen molar-refractivity contribution in [2.75, 3.05) is 36.3 Å². The first-order valence-electron chi connectivity index (χ1n) is 6.25. The summed E-state index contributed by atoms with van der Waals surface area (Å²) in [5.74, 6) is 2.66. The van der Waals surface area contributed by atoms with Crippen LogP contribution in [0, 0.1) is 0 Å². The van der Waals surface area contributed by atoms with Crippen LogP contribution in [0.3, 0.4) is 0 Å². The summed E-state index contributed by atoms with van der Waals surface area (Å²) in [7, 11) is 0.974. The molecule has 2 atom stereocenters. The van der Waals surface area contributed by atoms with Crippen molar-refractivity contribution in [2.45, 2.75) is 26.5 Å². The molecule has 0 bridgehead atoms. The normalized spacial score (nSPS) is 13.9. The van der Waals surface area contributed by atoms with E-state index >= 15 is 0 Å². The molecule has 0 aliphatic carbocycles. The van der Waals surface area contributed by atoms with Crippen LogP contribution in [0.15, 0.2) is 6.07 Å². The van der Waals surface area contributed by atoms with E-state index in [4.69, 9.17) is 4.74 Å². The fourth-order valence-corrected chi connectivity index (χ4v) is 2.39. The predicted octanol–water partition coefficient (Wildman–Crippen LogP) is 1.23. The molecule has 7 heteroatoms. The molecule has 0 aromatic carbocycles. The van der Waals surface area contributed by atoms with Gasteiger partial charge in [-0.15, -0.1) is 0 Å². The lowest BCUT2D eigenvalue weighted by Gasteiger charge is -2.14. The van der Waals surface area contributed by atoms with E-state index in [2.05, 4.69) is 20.6 Å². The minimum Gasteiger partial charge on any atom is -0.374 e. The van der Waals surface area contributed by atoms with Crippen LogP contribution in [0.5, 0.6) is 0 Å². The number of nitrogens with one attached hydrogen (secondary N) is 2. The average Bonchev–Trinajstić information content (AvgIpc) is 2.34. The van der Waals surface area contributed by atoms with Crippen molar-refractivity contribution in [1.29, 1.82) is 0 Å². The fourth-order valence-electron chi connectivity index (χ4n) is 1.60. The minimum atomic E-state index is -0.833. The molecule has 0 spiro atoms. The van der Waals surface area contributed by atoms with Gasteiger partial charge in [-0.05, 0) is 13.8 Å². The Balaban J connectivity index is 2.78. The van der Waals surface area contributed by atoms with Crippen molar-refractivity contribution in [1.82, 2.24) is 9.97 Å². The van der Waals surface area contributed by atoms with Crippen LogP contribution in [0.25, 0.3) is 0 Å². The molecule has 0 aliphatic rings. The Hall–Kier alpha value is -1.21. The molecule has 1 aromatic rings. The number of rotatable bonds is 8. The van der Waals surface area contributed by atoms with Crippen molar-refractivity contribution < 1.29 is 8.95 Å². The number of aromatic nitrogens is 2. The molecule has 2 unspecified atom stereocenters. The van der Waals surface area contributed by atoms with Gasteiger partial charge in [-0.25, -0.2) is 9.97 Å². The molecule has 0 saturated carbocycles. The standard InChI is InChI=1S/C12H22N4O2S/c1-5-18-7-12-15-10(13-3)6-11(16-12)14-9(2)8-19(4)17/h6,9H,5,7-8H2,1-4H3,(H2,13,14,15,16). The van der Waals surface area contributed by atoms with Gasteiger partial charge in [-0.1, -0.05) is 0 Å². The highest BCUT2D eigenvalue weighted by atomic mass is 32.2. The molecule has 108 valence electrons. The molecule has 19 heavy (non-hydrogen) atoms. The third-order valence-corrected chi connectivity index (χ3v) is 3.31. The quantitative estimate of drug-likeness (QED) is 0.748. The van der Waals surface area contributed by atoms with E-state index < -0.39 is 10.8 Å². The lowest BCUT2D eigenvalue weighted by Crippen LogP contribution is -2.23. The monoisotopic (exact) mass is 286 g/mol. The SMILES string of the molecule is CCOCc1nc(NC)cc(NC(C)CS(C)=O)n1. The van der Waals surface area contributed by atoms with Crippen LogP contribution >= 0.6 is 0 Å². The van der Waals surface area contributed by atoms with E-state index in [1.165, 1.54) is 0 Å². The van der Waals surface area contributed by atoms with Gasteiger partial charge in [0.1, 0.15) is 18.2 Å². The van der Waals surface area contributed by atoms with Gasteiger partial charge in [0.2, 0.25) is 0 Å². The zero-order chi connectivity index (χ0) is 14.3. The van der Waals surface area contributed by atoms with E-state index in [0.717, 1.165) is 5.82 Å². The Morgan fingerprint density at radius 2 is 2.11 bits per heavy atom. The number of nitrogens with zero attached hydrogens (tertiary/aromatic N) is 2. The van der Waals surface area contributed by atoms with Crippen molar-refractivity contribution in [3.05, 3.63) is 11.9 Å². The first-order chi connectivity index (χ1) is 9.05. The molecular weight excluding hydrogens is 264 g/mol. The summed E-state index contributed by atoms with van der Waals surface area (Å²) in [5, 5.41) is 6.22. The van der Waals surface area contributed by atoms with Gasteiger partial charge in [-0.2, -0.15) is 0 Å². The second-order valence-corrected chi connectivity index (χ2v) is 5.71. The van der Waals surface area contributed by atoms with Crippen LogP contribution in [-0.4, -0.2) is 45.9 Å². The molecule has 1 aromatic heterocycles. The topological polar surface area (TPSA) is 76.1 Å². The summed E-state index contributed by atoms with van der Waals surface area (Å²) in [4.78, 5) is 8.69. The minimum absolute atomic E-state index is 0.0883. The van der Waals surface area contributed by atoms with Crippen LogP contribution in [0.2, 0.25) is 0 Å². The highest BCUT2D eigenvalue weighted by Gasteiger charge is 2.08. The maximum absolute atomic E-state index is 11.2. The zero-order valence-corrected chi connectivity index (χ0v) is 12.7. The molecule has 1 heterocycles. The fraction of sp³-hybridized carbons (Fsp3) is 0.667.